The number of hydrogen-bond acceptors (Lipinski definition) is 4. The first-order valence-corrected chi connectivity index (χ1v) is 12.3. The van der Waals surface area contributed by atoms with Crippen molar-refractivity contribution in [3.05, 3.63) is 76.2 Å². The molecule has 7 nitrogen and oxygen atoms in total. The van der Waals surface area contributed by atoms with Crippen LogP contribution in [0.25, 0.3) is 5.57 Å². The third kappa shape index (κ3) is 4.85. The van der Waals surface area contributed by atoms with Gasteiger partial charge in [0, 0.05) is 11.7 Å². The van der Waals surface area contributed by atoms with Crippen LogP contribution in [0.4, 0.5) is 9.18 Å². The van der Waals surface area contributed by atoms with Gasteiger partial charge in [-0.2, -0.15) is 0 Å². The van der Waals surface area contributed by atoms with E-state index in [0.717, 1.165) is 34.2 Å². The Balaban J connectivity index is 1.54. The number of benzene rings is 2. The Kier molecular flexibility index (Phi) is 7.15. The zero-order chi connectivity index (χ0) is 26.1. The van der Waals surface area contributed by atoms with E-state index in [1.54, 1.807) is 17.0 Å². The Morgan fingerprint density at radius 3 is 2.42 bits per heavy atom. The second kappa shape index (κ2) is 10.1. The molecule has 3 amide bonds. The van der Waals surface area contributed by atoms with Crippen LogP contribution in [0.5, 0.6) is 0 Å². The number of halogens is 1. The minimum atomic E-state index is -1.44. The number of carbonyl (C=O) groups excluding carboxylic acids is 2. The molecule has 36 heavy (non-hydrogen) atoms. The summed E-state index contributed by atoms with van der Waals surface area (Å²) in [6.45, 7) is 5.12. The minimum absolute atomic E-state index is 0.119. The van der Waals surface area contributed by atoms with Crippen LogP contribution in [-0.2, 0) is 16.0 Å². The van der Waals surface area contributed by atoms with Gasteiger partial charge < -0.3 is 15.7 Å². The maximum Gasteiger partial charge on any atom is 0.414 e. The quantitative estimate of drug-likeness (QED) is 0.621. The molecule has 0 saturated carbocycles. The van der Waals surface area contributed by atoms with E-state index in [-0.39, 0.29) is 17.9 Å². The zero-order valence-electron chi connectivity index (χ0n) is 20.8. The molecule has 1 heterocycles. The summed E-state index contributed by atoms with van der Waals surface area (Å²) in [7, 11) is 0. The highest BCUT2D eigenvalue weighted by Gasteiger charge is 2.40. The normalized spacial score (nSPS) is 21.7. The third-order valence-corrected chi connectivity index (χ3v) is 7.54. The molecule has 4 rings (SSSR count). The first-order valence-electron chi connectivity index (χ1n) is 12.3. The SMILES string of the molecule is C/C(N)=C(/C)c1ccc2c(c1)CC[C@@H]2C(=O)N(CC(=O)N1C(C)CCC1c1ccc(F)cc1)C(=O)O. The zero-order valence-corrected chi connectivity index (χ0v) is 20.8. The van der Waals surface area contributed by atoms with Crippen molar-refractivity contribution in [3.8, 4) is 0 Å². The second-order valence-electron chi connectivity index (χ2n) is 9.81. The molecule has 0 bridgehead atoms. The number of aryl methyl sites for hydroxylation is 1. The van der Waals surface area contributed by atoms with Gasteiger partial charge in [0.15, 0.2) is 0 Å². The molecule has 0 radical (unpaired) electrons. The molecule has 2 aromatic carbocycles. The van der Waals surface area contributed by atoms with Gasteiger partial charge in [-0.1, -0.05) is 30.3 Å². The van der Waals surface area contributed by atoms with E-state index >= 15 is 0 Å². The topological polar surface area (TPSA) is 104 Å². The lowest BCUT2D eigenvalue weighted by Gasteiger charge is -2.31. The predicted octanol–water partition coefficient (Wildman–Crippen LogP) is 4.82. The van der Waals surface area contributed by atoms with Gasteiger partial charge in [-0.05, 0) is 86.4 Å². The van der Waals surface area contributed by atoms with Crippen LogP contribution in [0.3, 0.4) is 0 Å². The fraction of sp³-hybridized carbons (Fsp3) is 0.393. The Bertz CT molecular complexity index is 1220. The number of nitrogens with zero attached hydrogens (tertiary/aromatic N) is 2. The highest BCUT2D eigenvalue weighted by Crippen LogP contribution is 2.38. The third-order valence-electron chi connectivity index (χ3n) is 7.54. The lowest BCUT2D eigenvalue weighted by atomic mass is 9.96. The molecule has 2 aromatic rings. The van der Waals surface area contributed by atoms with Crippen LogP contribution in [0.2, 0.25) is 0 Å². The monoisotopic (exact) mass is 493 g/mol. The van der Waals surface area contributed by atoms with Crippen LogP contribution >= 0.6 is 0 Å². The van der Waals surface area contributed by atoms with Crippen molar-refractivity contribution in [2.75, 3.05) is 6.54 Å². The first-order chi connectivity index (χ1) is 17.1. The summed E-state index contributed by atoms with van der Waals surface area (Å²) < 4.78 is 13.4. The molecule has 8 heteroatoms. The van der Waals surface area contributed by atoms with Crippen molar-refractivity contribution < 1.29 is 23.9 Å². The summed E-state index contributed by atoms with van der Waals surface area (Å²) >= 11 is 0. The van der Waals surface area contributed by atoms with Gasteiger partial charge in [-0.3, -0.25) is 9.59 Å². The lowest BCUT2D eigenvalue weighted by molar-refractivity contribution is -0.141. The van der Waals surface area contributed by atoms with Crippen molar-refractivity contribution in [2.24, 2.45) is 5.73 Å². The molecule has 1 saturated heterocycles. The average Bonchev–Trinajstić information content (AvgIpc) is 3.44. The van der Waals surface area contributed by atoms with E-state index < -0.39 is 30.4 Å². The highest BCUT2D eigenvalue weighted by atomic mass is 19.1. The van der Waals surface area contributed by atoms with Crippen molar-refractivity contribution in [1.82, 2.24) is 9.80 Å². The molecule has 3 atom stereocenters. The van der Waals surface area contributed by atoms with Crippen molar-refractivity contribution in [2.45, 2.75) is 64.5 Å². The molecule has 190 valence electrons. The Labute approximate surface area is 210 Å². The van der Waals surface area contributed by atoms with E-state index in [1.165, 1.54) is 12.1 Å². The number of amides is 3. The molecule has 1 aliphatic carbocycles. The number of fused-ring (bicyclic) bond motifs is 1. The van der Waals surface area contributed by atoms with Crippen molar-refractivity contribution in [3.63, 3.8) is 0 Å². The van der Waals surface area contributed by atoms with Gasteiger partial charge in [0.25, 0.3) is 0 Å². The molecular weight excluding hydrogens is 461 g/mol. The molecule has 1 fully saturated rings. The summed E-state index contributed by atoms with van der Waals surface area (Å²) in [5.74, 6) is -2.00. The second-order valence-corrected chi connectivity index (χ2v) is 9.81. The number of hydrogen-bond donors (Lipinski definition) is 2. The number of likely N-dealkylation sites (tertiary alicyclic amines) is 1. The van der Waals surface area contributed by atoms with Gasteiger partial charge >= 0.3 is 6.09 Å². The number of carbonyl (C=O) groups is 3. The Hall–Kier alpha value is -3.68. The molecular formula is C28H32FN3O4. The van der Waals surface area contributed by atoms with Crippen LogP contribution < -0.4 is 5.73 Å². The molecule has 2 unspecified atom stereocenters. The largest absolute Gasteiger partial charge is 0.465 e. The van der Waals surface area contributed by atoms with Gasteiger partial charge in [-0.25, -0.2) is 14.1 Å². The smallest absolute Gasteiger partial charge is 0.414 e. The fourth-order valence-corrected chi connectivity index (χ4v) is 5.40. The van der Waals surface area contributed by atoms with Crippen LogP contribution in [0.15, 0.2) is 48.2 Å². The summed E-state index contributed by atoms with van der Waals surface area (Å²) in [4.78, 5) is 41.2. The van der Waals surface area contributed by atoms with E-state index in [0.29, 0.717) is 29.9 Å². The number of rotatable bonds is 5. The van der Waals surface area contributed by atoms with E-state index in [4.69, 9.17) is 5.73 Å². The van der Waals surface area contributed by atoms with E-state index in [1.807, 2.05) is 39.0 Å². The van der Waals surface area contributed by atoms with Gasteiger partial charge in [0.2, 0.25) is 11.8 Å². The predicted molar refractivity (Wildman–Crippen MR) is 134 cm³/mol. The maximum atomic E-state index is 13.4. The Morgan fingerprint density at radius 2 is 1.78 bits per heavy atom. The van der Waals surface area contributed by atoms with Crippen LogP contribution in [-0.4, -0.2) is 45.4 Å². The molecule has 0 aromatic heterocycles. The fourth-order valence-electron chi connectivity index (χ4n) is 5.40. The average molecular weight is 494 g/mol. The van der Waals surface area contributed by atoms with Crippen LogP contribution in [0.1, 0.15) is 74.2 Å². The maximum absolute atomic E-state index is 13.4. The Morgan fingerprint density at radius 1 is 1.08 bits per heavy atom. The van der Waals surface area contributed by atoms with Crippen LogP contribution in [0, 0.1) is 5.82 Å². The molecule has 2 aliphatic rings. The van der Waals surface area contributed by atoms with E-state index in [9.17, 15) is 23.9 Å². The van der Waals surface area contributed by atoms with Gasteiger partial charge in [0.05, 0.1) is 12.0 Å². The summed E-state index contributed by atoms with van der Waals surface area (Å²) in [5.41, 5.74) is 11.2. The van der Waals surface area contributed by atoms with Crippen molar-refractivity contribution >= 4 is 23.5 Å². The van der Waals surface area contributed by atoms with E-state index in [2.05, 4.69) is 0 Å². The van der Waals surface area contributed by atoms with Gasteiger partial charge in [-0.15, -0.1) is 0 Å². The summed E-state index contributed by atoms with van der Waals surface area (Å²) in [5, 5.41) is 9.87. The van der Waals surface area contributed by atoms with Gasteiger partial charge in [0.1, 0.15) is 12.4 Å². The number of allylic oxidation sites excluding steroid dienone is 2. The first kappa shape index (κ1) is 25.4. The number of imide groups is 1. The molecule has 0 spiro atoms. The standard InChI is InChI=1S/C28H32FN3O4/c1-16-4-13-25(19-5-9-22(29)10-6-19)32(16)26(33)15-31(28(35)36)27(34)24-12-8-21-14-20(7-11-23(21)24)17(2)18(3)30/h5-7,9-11,14,16,24-25H,4,8,12-13,15,30H2,1-3H3,(H,35,36)/b18-17+/t16?,24-,25?/m0/s1. The number of nitrogens with two attached hydrogens (primary N) is 1. The van der Waals surface area contributed by atoms with Crippen molar-refractivity contribution in [1.29, 1.82) is 0 Å². The summed E-state index contributed by atoms with van der Waals surface area (Å²) in [6, 6.07) is 11.3. The minimum Gasteiger partial charge on any atom is -0.465 e. The highest BCUT2D eigenvalue weighted by molar-refractivity contribution is 5.99. The molecule has 1 aliphatic heterocycles. The molecule has 3 N–H and O–H groups in total. The summed E-state index contributed by atoms with van der Waals surface area (Å²) in [6.07, 6.45) is 1.12. The number of carboxylic acid groups (broad SMARTS) is 1. The lowest BCUT2D eigenvalue weighted by Crippen LogP contribution is -2.48.